The lowest BCUT2D eigenvalue weighted by Gasteiger charge is -2.15. The zero-order valence-corrected chi connectivity index (χ0v) is 11.5. The molecule has 1 amide bonds. The topological polar surface area (TPSA) is 50.4 Å². The Morgan fingerprint density at radius 2 is 1.94 bits per heavy atom. The van der Waals surface area contributed by atoms with Crippen LogP contribution in [0.2, 0.25) is 0 Å². The zero-order valence-electron chi connectivity index (χ0n) is 11.5. The van der Waals surface area contributed by atoms with Crippen LogP contribution in [0.25, 0.3) is 0 Å². The number of benzene rings is 1. The number of anilines is 1. The number of para-hydroxylation sites is 2. The second kappa shape index (κ2) is 7.01. The Bertz CT molecular complexity index is 391. The molecule has 1 aromatic carbocycles. The van der Waals surface area contributed by atoms with Gasteiger partial charge in [0.1, 0.15) is 5.75 Å². The summed E-state index contributed by atoms with van der Waals surface area (Å²) in [4.78, 5) is 11.8. The monoisotopic (exact) mass is 250 g/mol. The van der Waals surface area contributed by atoms with E-state index in [9.17, 15) is 4.79 Å². The molecule has 18 heavy (non-hydrogen) atoms. The van der Waals surface area contributed by atoms with Crippen LogP contribution in [0.3, 0.4) is 0 Å². The maximum Gasteiger partial charge on any atom is 0.226 e. The number of hydrogen-bond acceptors (Lipinski definition) is 3. The predicted molar refractivity (Wildman–Crippen MR) is 74.0 cm³/mol. The van der Waals surface area contributed by atoms with Gasteiger partial charge in [0.2, 0.25) is 5.91 Å². The van der Waals surface area contributed by atoms with Crippen LogP contribution in [-0.4, -0.2) is 25.1 Å². The van der Waals surface area contributed by atoms with Gasteiger partial charge in [0.25, 0.3) is 0 Å². The van der Waals surface area contributed by atoms with Crippen LogP contribution in [0.4, 0.5) is 5.69 Å². The van der Waals surface area contributed by atoms with Crippen LogP contribution in [-0.2, 0) is 4.79 Å². The van der Waals surface area contributed by atoms with E-state index in [1.807, 2.05) is 52.1 Å². The molecular weight excluding hydrogens is 228 g/mol. The summed E-state index contributed by atoms with van der Waals surface area (Å²) in [5.74, 6) is 0.689. The summed E-state index contributed by atoms with van der Waals surface area (Å²) in [5, 5.41) is 5.91. The third kappa shape index (κ3) is 4.75. The minimum Gasteiger partial charge on any atom is -0.489 e. The van der Waals surface area contributed by atoms with Gasteiger partial charge in [0.05, 0.1) is 11.8 Å². The van der Waals surface area contributed by atoms with E-state index < -0.39 is 0 Å². The zero-order chi connectivity index (χ0) is 13.5. The lowest BCUT2D eigenvalue weighted by atomic mass is 10.2. The van der Waals surface area contributed by atoms with Crippen LogP contribution < -0.4 is 15.4 Å². The van der Waals surface area contributed by atoms with Gasteiger partial charge in [-0.25, -0.2) is 0 Å². The van der Waals surface area contributed by atoms with Crippen molar-refractivity contribution in [2.45, 2.75) is 39.3 Å². The minimum absolute atomic E-state index is 0.0170. The molecule has 0 heterocycles. The molecule has 0 saturated heterocycles. The maximum atomic E-state index is 11.8. The van der Waals surface area contributed by atoms with Gasteiger partial charge in [-0.1, -0.05) is 12.1 Å². The standard InChI is InChI=1S/C14H22N2O2/c1-10(2)18-13-8-6-5-7-12(13)16-14(17)9-11(3)15-4/h5-8,10-11,15H,9H2,1-4H3,(H,16,17). The molecule has 0 saturated carbocycles. The molecule has 0 spiro atoms. The minimum atomic E-state index is -0.0170. The number of amides is 1. The average Bonchev–Trinajstić information content (AvgIpc) is 2.30. The normalized spacial score (nSPS) is 12.3. The molecule has 1 rings (SSSR count). The third-order valence-electron chi connectivity index (χ3n) is 2.51. The molecule has 2 N–H and O–H groups in total. The Labute approximate surface area is 109 Å². The number of nitrogens with one attached hydrogen (secondary N) is 2. The van der Waals surface area contributed by atoms with E-state index in [-0.39, 0.29) is 18.1 Å². The van der Waals surface area contributed by atoms with Crippen molar-refractivity contribution in [1.29, 1.82) is 0 Å². The van der Waals surface area contributed by atoms with Crippen molar-refractivity contribution in [3.05, 3.63) is 24.3 Å². The molecule has 1 aromatic rings. The van der Waals surface area contributed by atoms with E-state index in [1.54, 1.807) is 0 Å². The fourth-order valence-electron chi connectivity index (χ4n) is 1.51. The van der Waals surface area contributed by atoms with Gasteiger partial charge in [-0.3, -0.25) is 4.79 Å². The SMILES string of the molecule is CNC(C)CC(=O)Nc1ccccc1OC(C)C. The van der Waals surface area contributed by atoms with Crippen molar-refractivity contribution < 1.29 is 9.53 Å². The number of ether oxygens (including phenoxy) is 1. The largest absolute Gasteiger partial charge is 0.489 e. The van der Waals surface area contributed by atoms with E-state index in [1.165, 1.54) is 0 Å². The molecule has 1 atom stereocenters. The van der Waals surface area contributed by atoms with Crippen LogP contribution in [0.5, 0.6) is 5.75 Å². The van der Waals surface area contributed by atoms with Gasteiger partial charge in [-0.2, -0.15) is 0 Å². The van der Waals surface area contributed by atoms with E-state index in [2.05, 4.69) is 10.6 Å². The van der Waals surface area contributed by atoms with Gasteiger partial charge in [0.15, 0.2) is 0 Å². The van der Waals surface area contributed by atoms with Crippen molar-refractivity contribution >= 4 is 11.6 Å². The molecule has 0 radical (unpaired) electrons. The first kappa shape index (κ1) is 14.5. The first-order valence-electron chi connectivity index (χ1n) is 6.25. The van der Waals surface area contributed by atoms with Gasteiger partial charge in [-0.05, 0) is 40.0 Å². The van der Waals surface area contributed by atoms with Gasteiger partial charge >= 0.3 is 0 Å². The second-order valence-electron chi connectivity index (χ2n) is 4.60. The van der Waals surface area contributed by atoms with Crippen molar-refractivity contribution in [2.75, 3.05) is 12.4 Å². The number of carbonyl (C=O) groups excluding carboxylic acids is 1. The van der Waals surface area contributed by atoms with Crippen molar-refractivity contribution in [3.8, 4) is 5.75 Å². The van der Waals surface area contributed by atoms with Crippen LogP contribution in [0, 0.1) is 0 Å². The van der Waals surface area contributed by atoms with E-state index in [0.29, 0.717) is 12.2 Å². The van der Waals surface area contributed by atoms with Crippen molar-refractivity contribution in [1.82, 2.24) is 5.32 Å². The van der Waals surface area contributed by atoms with Crippen LogP contribution >= 0.6 is 0 Å². The third-order valence-corrected chi connectivity index (χ3v) is 2.51. The average molecular weight is 250 g/mol. The summed E-state index contributed by atoms with van der Waals surface area (Å²) in [6, 6.07) is 7.63. The predicted octanol–water partition coefficient (Wildman–Crippen LogP) is 2.41. The summed E-state index contributed by atoms with van der Waals surface area (Å²) < 4.78 is 5.65. The fraction of sp³-hybridized carbons (Fsp3) is 0.500. The maximum absolute atomic E-state index is 11.8. The summed E-state index contributed by atoms with van der Waals surface area (Å²) in [5.41, 5.74) is 0.722. The lowest BCUT2D eigenvalue weighted by Crippen LogP contribution is -2.27. The molecule has 0 aromatic heterocycles. The number of carbonyl (C=O) groups is 1. The van der Waals surface area contributed by atoms with Gasteiger partial charge < -0.3 is 15.4 Å². The molecule has 0 bridgehead atoms. The Morgan fingerprint density at radius 1 is 1.28 bits per heavy atom. The Morgan fingerprint density at radius 3 is 2.56 bits per heavy atom. The highest BCUT2D eigenvalue weighted by atomic mass is 16.5. The molecule has 0 aliphatic rings. The quantitative estimate of drug-likeness (QED) is 0.815. The highest BCUT2D eigenvalue weighted by Gasteiger charge is 2.10. The molecular formula is C14H22N2O2. The van der Waals surface area contributed by atoms with Gasteiger partial charge in [0, 0.05) is 12.5 Å². The summed E-state index contributed by atoms with van der Waals surface area (Å²) >= 11 is 0. The smallest absolute Gasteiger partial charge is 0.226 e. The lowest BCUT2D eigenvalue weighted by molar-refractivity contribution is -0.116. The molecule has 0 fully saturated rings. The number of rotatable bonds is 6. The molecule has 4 nitrogen and oxygen atoms in total. The van der Waals surface area contributed by atoms with Crippen molar-refractivity contribution in [2.24, 2.45) is 0 Å². The fourth-order valence-corrected chi connectivity index (χ4v) is 1.51. The van der Waals surface area contributed by atoms with E-state index >= 15 is 0 Å². The van der Waals surface area contributed by atoms with E-state index in [4.69, 9.17) is 4.74 Å². The van der Waals surface area contributed by atoms with Crippen LogP contribution in [0.15, 0.2) is 24.3 Å². The Hall–Kier alpha value is -1.55. The highest BCUT2D eigenvalue weighted by Crippen LogP contribution is 2.24. The molecule has 100 valence electrons. The van der Waals surface area contributed by atoms with Crippen LogP contribution in [0.1, 0.15) is 27.2 Å². The first-order valence-corrected chi connectivity index (χ1v) is 6.25. The molecule has 1 unspecified atom stereocenters. The van der Waals surface area contributed by atoms with Crippen molar-refractivity contribution in [3.63, 3.8) is 0 Å². The molecule has 0 aliphatic carbocycles. The molecule has 4 heteroatoms. The summed E-state index contributed by atoms with van der Waals surface area (Å²) in [6.07, 6.45) is 0.520. The summed E-state index contributed by atoms with van der Waals surface area (Å²) in [6.45, 7) is 5.89. The number of hydrogen-bond donors (Lipinski definition) is 2. The second-order valence-corrected chi connectivity index (χ2v) is 4.60. The molecule has 0 aliphatic heterocycles. The first-order chi connectivity index (χ1) is 8.52. The summed E-state index contributed by atoms with van der Waals surface area (Å²) in [7, 11) is 1.84. The van der Waals surface area contributed by atoms with E-state index in [0.717, 1.165) is 5.69 Å². The Balaban J connectivity index is 2.68. The van der Waals surface area contributed by atoms with Gasteiger partial charge in [-0.15, -0.1) is 0 Å². The Kier molecular flexibility index (Phi) is 5.65. The highest BCUT2D eigenvalue weighted by molar-refractivity contribution is 5.92.